The number of rotatable bonds is 6. The summed E-state index contributed by atoms with van der Waals surface area (Å²) in [7, 11) is 0. The first-order valence-corrected chi connectivity index (χ1v) is 5.74. The largest absolute Gasteiger partial charge is 0.356 e. The van der Waals surface area contributed by atoms with Crippen LogP contribution < -0.4 is 11.1 Å². The molecule has 0 heterocycles. The molecule has 0 aromatic carbocycles. The van der Waals surface area contributed by atoms with Crippen LogP contribution >= 0.6 is 0 Å². The number of hydrogen-bond donors (Lipinski definition) is 2. The molecule has 0 bridgehead atoms. The number of nitrogens with one attached hydrogen (secondary N) is 1. The highest BCUT2D eigenvalue weighted by Crippen LogP contribution is 2.60. The summed E-state index contributed by atoms with van der Waals surface area (Å²) in [6.07, 6.45) is 6.83. The van der Waals surface area contributed by atoms with Gasteiger partial charge in [-0.05, 0) is 50.0 Å². The molecule has 2 aliphatic carbocycles. The molecular formula is C11H20N2O. The van der Waals surface area contributed by atoms with Gasteiger partial charge in [-0.25, -0.2) is 0 Å². The predicted octanol–water partition coefficient (Wildman–Crippen LogP) is 1.03. The van der Waals surface area contributed by atoms with E-state index in [-0.39, 0.29) is 5.91 Å². The first-order chi connectivity index (χ1) is 6.77. The van der Waals surface area contributed by atoms with Crippen molar-refractivity contribution >= 4 is 5.91 Å². The molecule has 3 heteroatoms. The van der Waals surface area contributed by atoms with Crippen molar-refractivity contribution in [1.82, 2.24) is 5.32 Å². The Kier molecular flexibility index (Phi) is 2.77. The van der Waals surface area contributed by atoms with Crippen molar-refractivity contribution in [2.45, 2.75) is 38.5 Å². The number of carbonyl (C=O) groups excluding carboxylic acids is 1. The standard InChI is InChI=1S/C11H20N2O/c12-7-1-2-10(14)13-8-11(5-6-11)9-3-4-9/h9H,1-8,12H2,(H,13,14). The molecule has 2 aliphatic rings. The zero-order valence-corrected chi connectivity index (χ0v) is 8.72. The maximum Gasteiger partial charge on any atom is 0.220 e. The van der Waals surface area contributed by atoms with Crippen LogP contribution in [0.25, 0.3) is 0 Å². The smallest absolute Gasteiger partial charge is 0.220 e. The summed E-state index contributed by atoms with van der Waals surface area (Å²) in [4.78, 5) is 11.4. The third-order valence-electron chi connectivity index (χ3n) is 3.58. The van der Waals surface area contributed by atoms with Gasteiger partial charge < -0.3 is 11.1 Å². The molecule has 2 saturated carbocycles. The number of carbonyl (C=O) groups is 1. The zero-order chi connectivity index (χ0) is 10.0. The first kappa shape index (κ1) is 9.97. The Morgan fingerprint density at radius 2 is 2.14 bits per heavy atom. The Balaban J connectivity index is 1.64. The molecule has 0 unspecified atom stereocenters. The Hall–Kier alpha value is -0.570. The summed E-state index contributed by atoms with van der Waals surface area (Å²) in [5.41, 5.74) is 5.88. The predicted molar refractivity (Wildman–Crippen MR) is 55.7 cm³/mol. The van der Waals surface area contributed by atoms with Crippen molar-refractivity contribution in [2.24, 2.45) is 17.1 Å². The van der Waals surface area contributed by atoms with E-state index in [9.17, 15) is 4.79 Å². The van der Waals surface area contributed by atoms with Gasteiger partial charge in [-0.1, -0.05) is 0 Å². The molecule has 2 fully saturated rings. The van der Waals surface area contributed by atoms with Gasteiger partial charge in [0.25, 0.3) is 0 Å². The van der Waals surface area contributed by atoms with Gasteiger partial charge in [-0.15, -0.1) is 0 Å². The molecule has 80 valence electrons. The third kappa shape index (κ3) is 2.27. The average Bonchev–Trinajstić information content (AvgIpc) is 3.03. The summed E-state index contributed by atoms with van der Waals surface area (Å²) in [6.45, 7) is 1.53. The van der Waals surface area contributed by atoms with E-state index in [1.165, 1.54) is 25.7 Å². The first-order valence-electron chi connectivity index (χ1n) is 5.74. The maximum atomic E-state index is 11.4. The molecule has 0 saturated heterocycles. The van der Waals surface area contributed by atoms with E-state index in [0.29, 0.717) is 18.4 Å². The lowest BCUT2D eigenvalue weighted by Crippen LogP contribution is -2.31. The van der Waals surface area contributed by atoms with Crippen LogP contribution in [-0.4, -0.2) is 19.0 Å². The van der Waals surface area contributed by atoms with Crippen molar-refractivity contribution in [3.05, 3.63) is 0 Å². The van der Waals surface area contributed by atoms with Crippen LogP contribution in [0.15, 0.2) is 0 Å². The number of amides is 1. The van der Waals surface area contributed by atoms with Gasteiger partial charge in [0.05, 0.1) is 0 Å². The van der Waals surface area contributed by atoms with E-state index >= 15 is 0 Å². The van der Waals surface area contributed by atoms with Gasteiger partial charge in [-0.3, -0.25) is 4.79 Å². The average molecular weight is 196 g/mol. The molecule has 0 aliphatic heterocycles. The molecule has 0 aromatic rings. The van der Waals surface area contributed by atoms with Crippen LogP contribution in [-0.2, 0) is 4.79 Å². The molecule has 1 amide bonds. The van der Waals surface area contributed by atoms with Gasteiger partial charge in [0.15, 0.2) is 0 Å². The lowest BCUT2D eigenvalue weighted by Gasteiger charge is -2.14. The highest BCUT2D eigenvalue weighted by atomic mass is 16.1. The van der Waals surface area contributed by atoms with Gasteiger partial charge in [-0.2, -0.15) is 0 Å². The lowest BCUT2D eigenvalue weighted by atomic mass is 10.0. The van der Waals surface area contributed by atoms with Crippen LogP contribution in [0.2, 0.25) is 0 Å². The molecular weight excluding hydrogens is 176 g/mol. The molecule has 14 heavy (non-hydrogen) atoms. The van der Waals surface area contributed by atoms with Crippen LogP contribution in [0.1, 0.15) is 38.5 Å². The molecule has 0 atom stereocenters. The van der Waals surface area contributed by atoms with Crippen LogP contribution in [0.3, 0.4) is 0 Å². The van der Waals surface area contributed by atoms with E-state index in [1.54, 1.807) is 0 Å². The molecule has 0 aromatic heterocycles. The monoisotopic (exact) mass is 196 g/mol. The van der Waals surface area contributed by atoms with Crippen LogP contribution in [0, 0.1) is 11.3 Å². The van der Waals surface area contributed by atoms with Gasteiger partial charge >= 0.3 is 0 Å². The van der Waals surface area contributed by atoms with Crippen molar-refractivity contribution in [3.8, 4) is 0 Å². The fraction of sp³-hybridized carbons (Fsp3) is 0.909. The summed E-state index contributed by atoms with van der Waals surface area (Å²) >= 11 is 0. The number of nitrogens with two attached hydrogens (primary N) is 1. The zero-order valence-electron chi connectivity index (χ0n) is 8.72. The Bertz CT molecular complexity index is 219. The van der Waals surface area contributed by atoms with Gasteiger partial charge in [0, 0.05) is 13.0 Å². The summed E-state index contributed by atoms with van der Waals surface area (Å²) < 4.78 is 0. The Morgan fingerprint density at radius 1 is 1.43 bits per heavy atom. The van der Waals surface area contributed by atoms with Crippen molar-refractivity contribution in [2.75, 3.05) is 13.1 Å². The van der Waals surface area contributed by atoms with E-state index in [0.717, 1.165) is 18.9 Å². The Labute approximate surface area is 85.4 Å². The lowest BCUT2D eigenvalue weighted by molar-refractivity contribution is -0.121. The van der Waals surface area contributed by atoms with Crippen molar-refractivity contribution in [1.29, 1.82) is 0 Å². The molecule has 3 N–H and O–H groups in total. The SMILES string of the molecule is NCCCC(=O)NCC1(C2CC2)CC1. The molecule has 0 spiro atoms. The van der Waals surface area contributed by atoms with Crippen LogP contribution in [0.4, 0.5) is 0 Å². The second-order valence-corrected chi connectivity index (χ2v) is 4.81. The fourth-order valence-electron chi connectivity index (χ4n) is 2.21. The van der Waals surface area contributed by atoms with E-state index in [4.69, 9.17) is 5.73 Å². The highest BCUT2D eigenvalue weighted by molar-refractivity contribution is 5.75. The normalized spacial score (nSPS) is 23.2. The molecule has 0 radical (unpaired) electrons. The van der Waals surface area contributed by atoms with Crippen molar-refractivity contribution in [3.63, 3.8) is 0 Å². The summed E-state index contributed by atoms with van der Waals surface area (Å²) in [6, 6.07) is 0. The Morgan fingerprint density at radius 3 is 2.64 bits per heavy atom. The van der Waals surface area contributed by atoms with Crippen molar-refractivity contribution < 1.29 is 4.79 Å². The summed E-state index contributed by atoms with van der Waals surface area (Å²) in [5.74, 6) is 1.11. The minimum Gasteiger partial charge on any atom is -0.356 e. The second kappa shape index (κ2) is 3.89. The quantitative estimate of drug-likeness (QED) is 0.666. The number of hydrogen-bond acceptors (Lipinski definition) is 2. The van der Waals surface area contributed by atoms with Crippen LogP contribution in [0.5, 0.6) is 0 Å². The van der Waals surface area contributed by atoms with Gasteiger partial charge in [0.1, 0.15) is 0 Å². The van der Waals surface area contributed by atoms with E-state index < -0.39 is 0 Å². The second-order valence-electron chi connectivity index (χ2n) is 4.81. The maximum absolute atomic E-state index is 11.4. The van der Waals surface area contributed by atoms with E-state index in [2.05, 4.69) is 5.32 Å². The minimum absolute atomic E-state index is 0.183. The van der Waals surface area contributed by atoms with Gasteiger partial charge in [0.2, 0.25) is 5.91 Å². The van der Waals surface area contributed by atoms with E-state index in [1.807, 2.05) is 0 Å². The summed E-state index contributed by atoms with van der Waals surface area (Å²) in [5, 5.41) is 3.05. The molecule has 3 nitrogen and oxygen atoms in total. The minimum atomic E-state index is 0.183. The highest BCUT2D eigenvalue weighted by Gasteiger charge is 2.53. The third-order valence-corrected chi connectivity index (χ3v) is 3.58. The molecule has 2 rings (SSSR count). The topological polar surface area (TPSA) is 55.1 Å². The fourth-order valence-corrected chi connectivity index (χ4v) is 2.21.